The molecule has 1 aliphatic carbocycles. The molecule has 1 fully saturated rings. The molecule has 1 N–H and O–H groups in total. The maximum atomic E-state index is 13.0. The summed E-state index contributed by atoms with van der Waals surface area (Å²) >= 11 is 12.2. The minimum absolute atomic E-state index is 0.00496. The number of Topliss-reactive ketones (excluding diaryl/α,β-unsaturated/α-hetero) is 1. The average molecular weight is 429 g/mol. The molecule has 2 heterocycles. The number of halogens is 2. The molecule has 2 atom stereocenters. The van der Waals surface area contributed by atoms with E-state index < -0.39 is 0 Å². The highest BCUT2D eigenvalue weighted by Gasteiger charge is 2.41. The number of nitrogens with zero attached hydrogens (tertiary/aromatic N) is 3. The lowest BCUT2D eigenvalue weighted by Crippen LogP contribution is -2.27. The van der Waals surface area contributed by atoms with Gasteiger partial charge in [-0.3, -0.25) is 14.6 Å². The molecule has 148 valence electrons. The second kappa shape index (κ2) is 7.97. The number of ketones is 1. The van der Waals surface area contributed by atoms with Gasteiger partial charge in [-0.2, -0.15) is 5.10 Å². The summed E-state index contributed by atoms with van der Waals surface area (Å²) in [6.07, 6.45) is 2.45. The number of benzene rings is 1. The van der Waals surface area contributed by atoms with Crippen molar-refractivity contribution in [3.8, 4) is 11.4 Å². The third kappa shape index (κ3) is 4.49. The van der Waals surface area contributed by atoms with E-state index in [4.69, 9.17) is 23.2 Å². The Labute approximate surface area is 177 Å². The van der Waals surface area contributed by atoms with Crippen LogP contribution < -0.4 is 10.9 Å². The molecule has 2 aromatic heterocycles. The lowest BCUT2D eigenvalue weighted by molar-refractivity contribution is -0.118. The van der Waals surface area contributed by atoms with E-state index in [0.717, 1.165) is 6.42 Å². The second-order valence-electron chi connectivity index (χ2n) is 7.14. The number of hydrogen-bond acceptors (Lipinski definition) is 5. The van der Waals surface area contributed by atoms with Crippen LogP contribution in [0.3, 0.4) is 0 Å². The summed E-state index contributed by atoms with van der Waals surface area (Å²) < 4.78 is 1.41. The van der Waals surface area contributed by atoms with Crippen LogP contribution in [-0.2, 0) is 11.3 Å². The predicted molar refractivity (Wildman–Crippen MR) is 114 cm³/mol. The van der Waals surface area contributed by atoms with E-state index in [1.165, 1.54) is 4.68 Å². The molecule has 0 aliphatic heterocycles. The standard InChI is InChI=1S/C21H18Cl2N4O2/c1-12(28)17-6-13(17)11-27-21(29)20(25-16-8-14(22)7-15(23)9-16)10-19(26-27)18-4-2-3-5-24-18/h2-5,7-10,13,17,25H,6,11H2,1H3. The van der Waals surface area contributed by atoms with Crippen LogP contribution in [0.25, 0.3) is 11.4 Å². The zero-order chi connectivity index (χ0) is 20.5. The van der Waals surface area contributed by atoms with Crippen molar-refractivity contribution >= 4 is 40.4 Å². The highest BCUT2D eigenvalue weighted by Crippen LogP contribution is 2.40. The number of aromatic nitrogens is 3. The maximum absolute atomic E-state index is 13.0. The van der Waals surface area contributed by atoms with Crippen LogP contribution in [0.2, 0.25) is 10.0 Å². The van der Waals surface area contributed by atoms with Crippen molar-refractivity contribution < 1.29 is 4.79 Å². The molecule has 2 unspecified atom stereocenters. The third-order valence-corrected chi connectivity index (χ3v) is 5.33. The number of hydrogen-bond donors (Lipinski definition) is 1. The van der Waals surface area contributed by atoms with Crippen molar-refractivity contribution in [3.05, 3.63) is 69.1 Å². The fourth-order valence-corrected chi connectivity index (χ4v) is 3.87. The van der Waals surface area contributed by atoms with E-state index in [2.05, 4.69) is 15.4 Å². The first-order valence-electron chi connectivity index (χ1n) is 9.18. The summed E-state index contributed by atoms with van der Waals surface area (Å²) in [4.78, 5) is 29.0. The van der Waals surface area contributed by atoms with Crippen LogP contribution in [0.4, 0.5) is 11.4 Å². The van der Waals surface area contributed by atoms with Crippen LogP contribution in [0.15, 0.2) is 53.5 Å². The summed E-state index contributed by atoms with van der Waals surface area (Å²) in [6.45, 7) is 1.97. The molecule has 0 radical (unpaired) electrons. The lowest BCUT2D eigenvalue weighted by Gasteiger charge is -2.12. The van der Waals surface area contributed by atoms with E-state index in [-0.39, 0.29) is 23.2 Å². The topological polar surface area (TPSA) is 76.9 Å². The van der Waals surface area contributed by atoms with Gasteiger partial charge in [0.15, 0.2) is 0 Å². The molecule has 1 saturated carbocycles. The Morgan fingerprint density at radius 3 is 2.55 bits per heavy atom. The van der Waals surface area contributed by atoms with Gasteiger partial charge in [0.2, 0.25) is 0 Å². The molecule has 0 saturated heterocycles. The van der Waals surface area contributed by atoms with E-state index in [1.807, 2.05) is 18.2 Å². The summed E-state index contributed by atoms with van der Waals surface area (Å²) in [5.74, 6) is 0.284. The summed E-state index contributed by atoms with van der Waals surface area (Å²) in [5.41, 5.74) is 1.85. The van der Waals surface area contributed by atoms with E-state index in [0.29, 0.717) is 39.4 Å². The predicted octanol–water partition coefficient (Wildman–Crippen LogP) is 4.58. The van der Waals surface area contributed by atoms with Crippen molar-refractivity contribution in [1.82, 2.24) is 14.8 Å². The van der Waals surface area contributed by atoms with E-state index in [1.54, 1.807) is 37.4 Å². The molecule has 0 bridgehead atoms. The molecule has 8 heteroatoms. The highest BCUT2D eigenvalue weighted by atomic mass is 35.5. The van der Waals surface area contributed by atoms with Crippen molar-refractivity contribution in [3.63, 3.8) is 0 Å². The quantitative estimate of drug-likeness (QED) is 0.621. The minimum atomic E-state index is -0.282. The number of rotatable bonds is 6. The summed E-state index contributed by atoms with van der Waals surface area (Å²) in [5, 5.41) is 8.51. The van der Waals surface area contributed by atoms with Crippen molar-refractivity contribution in [2.45, 2.75) is 19.9 Å². The van der Waals surface area contributed by atoms with Crippen molar-refractivity contribution in [2.24, 2.45) is 11.8 Å². The molecule has 6 nitrogen and oxygen atoms in total. The Morgan fingerprint density at radius 1 is 1.17 bits per heavy atom. The number of carbonyl (C=O) groups excluding carboxylic acids is 1. The van der Waals surface area contributed by atoms with Gasteiger partial charge >= 0.3 is 0 Å². The normalized spacial score (nSPS) is 17.8. The maximum Gasteiger partial charge on any atom is 0.290 e. The van der Waals surface area contributed by atoms with E-state index >= 15 is 0 Å². The van der Waals surface area contributed by atoms with Gasteiger partial charge in [-0.05, 0) is 55.7 Å². The third-order valence-electron chi connectivity index (χ3n) is 4.90. The first-order chi connectivity index (χ1) is 13.9. The van der Waals surface area contributed by atoms with Gasteiger partial charge in [-0.25, -0.2) is 4.68 Å². The zero-order valence-electron chi connectivity index (χ0n) is 15.6. The Morgan fingerprint density at radius 2 is 1.93 bits per heavy atom. The van der Waals surface area contributed by atoms with Gasteiger partial charge < -0.3 is 5.32 Å². The molecule has 0 amide bonds. The minimum Gasteiger partial charge on any atom is -0.351 e. The fourth-order valence-electron chi connectivity index (χ4n) is 3.35. The monoisotopic (exact) mass is 428 g/mol. The fraction of sp³-hybridized carbons (Fsp3) is 0.238. The molecule has 4 rings (SSSR count). The van der Waals surface area contributed by atoms with Gasteiger partial charge in [-0.15, -0.1) is 0 Å². The molecule has 1 aromatic carbocycles. The second-order valence-corrected chi connectivity index (χ2v) is 8.01. The van der Waals surface area contributed by atoms with Crippen LogP contribution in [0.1, 0.15) is 13.3 Å². The van der Waals surface area contributed by atoms with E-state index in [9.17, 15) is 9.59 Å². The number of carbonyl (C=O) groups is 1. The highest BCUT2D eigenvalue weighted by molar-refractivity contribution is 6.35. The lowest BCUT2D eigenvalue weighted by atomic mass is 10.2. The van der Waals surface area contributed by atoms with Crippen molar-refractivity contribution in [2.75, 3.05) is 5.32 Å². The summed E-state index contributed by atoms with van der Waals surface area (Å²) in [7, 11) is 0. The first-order valence-corrected chi connectivity index (χ1v) is 9.93. The van der Waals surface area contributed by atoms with Crippen LogP contribution in [0, 0.1) is 11.8 Å². The Kier molecular flexibility index (Phi) is 5.39. The molecule has 0 spiro atoms. The Hall–Kier alpha value is -2.70. The first kappa shape index (κ1) is 19.6. The molecule has 29 heavy (non-hydrogen) atoms. The van der Waals surface area contributed by atoms with Gasteiger partial charge in [-0.1, -0.05) is 29.3 Å². The van der Waals surface area contributed by atoms with Gasteiger partial charge in [0.1, 0.15) is 17.2 Å². The SMILES string of the molecule is CC(=O)C1CC1Cn1nc(-c2ccccn2)cc(Nc2cc(Cl)cc(Cl)c2)c1=O. The van der Waals surface area contributed by atoms with Crippen molar-refractivity contribution in [1.29, 1.82) is 0 Å². The Bertz CT molecular complexity index is 1110. The number of anilines is 2. The number of pyridine rings is 1. The van der Waals surface area contributed by atoms with Crippen LogP contribution in [-0.4, -0.2) is 20.5 Å². The summed E-state index contributed by atoms with van der Waals surface area (Å²) in [6, 6.07) is 12.1. The average Bonchev–Trinajstić information content (AvgIpc) is 3.44. The molecular weight excluding hydrogens is 411 g/mol. The number of nitrogens with one attached hydrogen (secondary N) is 1. The molecule has 1 aliphatic rings. The van der Waals surface area contributed by atoms with Crippen LogP contribution in [0.5, 0.6) is 0 Å². The van der Waals surface area contributed by atoms with Crippen LogP contribution >= 0.6 is 23.2 Å². The molecule has 3 aromatic rings. The zero-order valence-corrected chi connectivity index (χ0v) is 17.1. The largest absolute Gasteiger partial charge is 0.351 e. The molecular formula is C21H18Cl2N4O2. The Balaban J connectivity index is 1.74. The van der Waals surface area contributed by atoms with Gasteiger partial charge in [0, 0.05) is 34.4 Å². The smallest absolute Gasteiger partial charge is 0.290 e. The van der Waals surface area contributed by atoms with Gasteiger partial charge in [0.05, 0.1) is 5.69 Å². The van der Waals surface area contributed by atoms with Gasteiger partial charge in [0.25, 0.3) is 5.56 Å².